The summed E-state index contributed by atoms with van der Waals surface area (Å²) in [5, 5.41) is 13.4. The van der Waals surface area contributed by atoms with E-state index in [1.54, 1.807) is 6.07 Å². The zero-order chi connectivity index (χ0) is 10.3. The first-order valence-electron chi connectivity index (χ1n) is 4.96. The van der Waals surface area contributed by atoms with E-state index < -0.39 is 0 Å². The normalized spacial score (nSPS) is 14.1. The van der Waals surface area contributed by atoms with E-state index in [4.69, 9.17) is 0 Å². The smallest absolute Gasteiger partial charge is 0.125 e. The first kappa shape index (κ1) is 8.41. The Bertz CT molecular complexity index is 646. The van der Waals surface area contributed by atoms with Gasteiger partial charge in [-0.3, -0.25) is 9.98 Å². The Morgan fingerprint density at radius 3 is 2.60 bits per heavy atom. The molecule has 0 atom stereocenters. The highest BCUT2D eigenvalue weighted by Crippen LogP contribution is 2.19. The molecule has 2 aromatic rings. The molecule has 1 aliphatic rings. The number of nitrogens with zero attached hydrogens (tertiary/aromatic N) is 2. The summed E-state index contributed by atoms with van der Waals surface area (Å²) >= 11 is 0. The molecule has 3 heteroatoms. The van der Waals surface area contributed by atoms with Crippen LogP contribution in [0.2, 0.25) is 0 Å². The van der Waals surface area contributed by atoms with Crippen LogP contribution < -0.4 is 10.7 Å². The molecule has 0 amide bonds. The highest BCUT2D eigenvalue weighted by atomic mass is 16.3. The molecule has 2 aromatic carbocycles. The minimum atomic E-state index is 0.283. The van der Waals surface area contributed by atoms with Gasteiger partial charge in [-0.25, -0.2) is 0 Å². The van der Waals surface area contributed by atoms with Crippen molar-refractivity contribution >= 4 is 10.8 Å². The van der Waals surface area contributed by atoms with Crippen LogP contribution in [0.15, 0.2) is 40.3 Å². The maximum Gasteiger partial charge on any atom is 0.125 e. The summed E-state index contributed by atoms with van der Waals surface area (Å²) in [4.78, 5) is 8.81. The molecule has 0 aromatic heterocycles. The van der Waals surface area contributed by atoms with Gasteiger partial charge >= 0.3 is 0 Å². The second-order valence-corrected chi connectivity index (χ2v) is 3.57. The summed E-state index contributed by atoms with van der Waals surface area (Å²) in [6.07, 6.45) is 0. The van der Waals surface area contributed by atoms with Crippen LogP contribution in [0.4, 0.5) is 0 Å². The number of aromatic hydroxyl groups is 1. The highest BCUT2D eigenvalue weighted by molar-refractivity contribution is 5.87. The summed E-state index contributed by atoms with van der Waals surface area (Å²) < 4.78 is 0. The molecular weight excluding hydrogens is 188 g/mol. The molecule has 3 rings (SSSR count). The molecule has 3 nitrogen and oxygen atoms in total. The first-order valence-corrected chi connectivity index (χ1v) is 4.96. The molecule has 0 saturated carbocycles. The van der Waals surface area contributed by atoms with Crippen LogP contribution in [0.1, 0.15) is 0 Å². The van der Waals surface area contributed by atoms with Gasteiger partial charge in [-0.15, -0.1) is 0 Å². The zero-order valence-electron chi connectivity index (χ0n) is 8.14. The van der Waals surface area contributed by atoms with Gasteiger partial charge in [-0.2, -0.15) is 0 Å². The third kappa shape index (κ3) is 1.20. The lowest BCUT2D eigenvalue weighted by molar-refractivity contribution is 0.480. The number of rotatable bonds is 0. The van der Waals surface area contributed by atoms with E-state index >= 15 is 0 Å². The average Bonchev–Trinajstić information content (AvgIpc) is 2.30. The third-order valence-electron chi connectivity index (χ3n) is 2.63. The van der Waals surface area contributed by atoms with Crippen molar-refractivity contribution in [3.05, 3.63) is 41.0 Å². The van der Waals surface area contributed by atoms with E-state index in [1.165, 1.54) is 0 Å². The highest BCUT2D eigenvalue weighted by Gasteiger charge is 2.05. The summed E-state index contributed by atoms with van der Waals surface area (Å²) in [5.41, 5.74) is 0. The van der Waals surface area contributed by atoms with Gasteiger partial charge in [0.25, 0.3) is 0 Å². The third-order valence-corrected chi connectivity index (χ3v) is 2.63. The van der Waals surface area contributed by atoms with Crippen molar-refractivity contribution in [2.75, 3.05) is 13.1 Å². The minimum absolute atomic E-state index is 0.283. The Balaban J connectivity index is 2.63. The lowest BCUT2D eigenvalue weighted by atomic mass is 10.1. The van der Waals surface area contributed by atoms with E-state index in [0.717, 1.165) is 28.0 Å². The summed E-state index contributed by atoms with van der Waals surface area (Å²) in [6, 6.07) is 9.42. The topological polar surface area (TPSA) is 45.0 Å². The molecule has 1 N–H and O–H groups in total. The fourth-order valence-corrected chi connectivity index (χ4v) is 1.95. The van der Waals surface area contributed by atoms with Crippen molar-refractivity contribution < 1.29 is 5.11 Å². The molecule has 1 heterocycles. The van der Waals surface area contributed by atoms with Crippen LogP contribution in [0.25, 0.3) is 10.8 Å². The molecule has 0 unspecified atom stereocenters. The van der Waals surface area contributed by atoms with Crippen LogP contribution in [0, 0.1) is 0 Å². The average molecular weight is 198 g/mol. The lowest BCUT2D eigenvalue weighted by Crippen LogP contribution is -2.30. The Kier molecular flexibility index (Phi) is 1.71. The van der Waals surface area contributed by atoms with E-state index in [0.29, 0.717) is 6.54 Å². The molecule has 0 radical (unpaired) electrons. The van der Waals surface area contributed by atoms with Gasteiger partial charge in [-0.1, -0.05) is 24.3 Å². The van der Waals surface area contributed by atoms with E-state index in [9.17, 15) is 5.11 Å². The van der Waals surface area contributed by atoms with Gasteiger partial charge in [0, 0.05) is 16.8 Å². The summed E-state index contributed by atoms with van der Waals surface area (Å²) in [6.45, 7) is 1.45. The second kappa shape index (κ2) is 3.05. The molecule has 0 spiro atoms. The van der Waals surface area contributed by atoms with Crippen LogP contribution >= 0.6 is 0 Å². The molecule has 0 fully saturated rings. The summed E-state index contributed by atoms with van der Waals surface area (Å²) in [5.74, 6) is 0.283. The molecule has 0 saturated heterocycles. The van der Waals surface area contributed by atoms with Crippen molar-refractivity contribution in [1.29, 1.82) is 0 Å². The fraction of sp³-hybridized carbons (Fsp3) is 0.167. The van der Waals surface area contributed by atoms with E-state index in [2.05, 4.69) is 9.98 Å². The molecular formula is C12H10N2O. The Morgan fingerprint density at radius 2 is 1.73 bits per heavy atom. The van der Waals surface area contributed by atoms with E-state index in [1.807, 2.05) is 24.3 Å². The standard InChI is InChI=1S/C12H10N2O/c15-11-7-10-12(14-6-5-13-10)9-4-2-1-3-8(9)11/h1-4,7,15H,5-6H2. The Morgan fingerprint density at radius 1 is 1.00 bits per heavy atom. The fourth-order valence-electron chi connectivity index (χ4n) is 1.95. The number of phenolic OH excluding ortho intramolecular Hbond substituents is 1. The van der Waals surface area contributed by atoms with Crippen molar-refractivity contribution in [3.8, 4) is 5.75 Å². The van der Waals surface area contributed by atoms with Crippen molar-refractivity contribution in [2.24, 2.45) is 9.98 Å². The Labute approximate surface area is 86.4 Å². The predicted molar refractivity (Wildman–Crippen MR) is 57.7 cm³/mol. The quantitative estimate of drug-likeness (QED) is 0.668. The van der Waals surface area contributed by atoms with Crippen molar-refractivity contribution in [3.63, 3.8) is 0 Å². The van der Waals surface area contributed by atoms with Crippen LogP contribution in [0.5, 0.6) is 5.75 Å². The maximum atomic E-state index is 9.83. The molecule has 74 valence electrons. The lowest BCUT2D eigenvalue weighted by Gasteiger charge is -2.05. The molecule has 0 bridgehead atoms. The number of hydrogen-bond acceptors (Lipinski definition) is 3. The van der Waals surface area contributed by atoms with Crippen LogP contribution in [-0.2, 0) is 0 Å². The number of benzene rings is 2. The molecule has 15 heavy (non-hydrogen) atoms. The van der Waals surface area contributed by atoms with Crippen LogP contribution in [0.3, 0.4) is 0 Å². The predicted octanol–water partition coefficient (Wildman–Crippen LogP) is 0.798. The van der Waals surface area contributed by atoms with Gasteiger partial charge in [-0.05, 0) is 0 Å². The van der Waals surface area contributed by atoms with Gasteiger partial charge in [0.2, 0.25) is 0 Å². The van der Waals surface area contributed by atoms with Crippen molar-refractivity contribution in [2.45, 2.75) is 0 Å². The van der Waals surface area contributed by atoms with Crippen molar-refractivity contribution in [1.82, 2.24) is 0 Å². The monoisotopic (exact) mass is 198 g/mol. The van der Waals surface area contributed by atoms with Gasteiger partial charge < -0.3 is 5.11 Å². The van der Waals surface area contributed by atoms with Crippen LogP contribution in [-0.4, -0.2) is 18.2 Å². The second-order valence-electron chi connectivity index (χ2n) is 3.57. The SMILES string of the molecule is Oc1cc2c(c3ccccc13)=NCCN=2. The molecule has 0 aliphatic carbocycles. The minimum Gasteiger partial charge on any atom is -0.507 e. The largest absolute Gasteiger partial charge is 0.507 e. The Hall–Kier alpha value is -1.90. The molecule has 1 aliphatic heterocycles. The van der Waals surface area contributed by atoms with Gasteiger partial charge in [0.05, 0.1) is 23.8 Å². The van der Waals surface area contributed by atoms with Gasteiger partial charge in [0.1, 0.15) is 5.75 Å². The first-order chi connectivity index (χ1) is 7.36. The number of phenols is 1. The zero-order valence-corrected chi connectivity index (χ0v) is 8.14. The van der Waals surface area contributed by atoms with E-state index in [-0.39, 0.29) is 5.75 Å². The number of hydrogen-bond donors (Lipinski definition) is 1. The van der Waals surface area contributed by atoms with Gasteiger partial charge in [0.15, 0.2) is 0 Å². The number of fused-ring (bicyclic) bond motifs is 3. The maximum absolute atomic E-state index is 9.83. The summed E-state index contributed by atoms with van der Waals surface area (Å²) in [7, 11) is 0.